The van der Waals surface area contributed by atoms with Crippen LogP contribution in [-0.4, -0.2) is 23.1 Å². The lowest BCUT2D eigenvalue weighted by molar-refractivity contribution is -0.115. The minimum atomic E-state index is -0.262. The molecule has 27 heavy (non-hydrogen) atoms. The molecule has 0 heterocycles. The highest BCUT2D eigenvalue weighted by molar-refractivity contribution is 8.00. The molecule has 0 bridgehead atoms. The number of amides is 2. The Morgan fingerprint density at radius 2 is 1.63 bits per heavy atom. The molecular formula is C22H26N2O2S. The second kappa shape index (κ2) is 9.60. The Kier molecular flexibility index (Phi) is 6.93. The van der Waals surface area contributed by atoms with Crippen molar-refractivity contribution in [2.45, 2.75) is 55.2 Å². The molecule has 1 aliphatic carbocycles. The van der Waals surface area contributed by atoms with Crippen molar-refractivity contribution in [2.75, 3.05) is 5.32 Å². The molecule has 1 atom stereocenters. The van der Waals surface area contributed by atoms with Crippen molar-refractivity contribution in [3.8, 4) is 0 Å². The topological polar surface area (TPSA) is 58.2 Å². The summed E-state index contributed by atoms with van der Waals surface area (Å²) in [5, 5.41) is 5.79. The van der Waals surface area contributed by atoms with Crippen LogP contribution in [0.4, 0.5) is 5.69 Å². The van der Waals surface area contributed by atoms with Gasteiger partial charge in [0.25, 0.3) is 5.91 Å². The van der Waals surface area contributed by atoms with E-state index >= 15 is 0 Å². The van der Waals surface area contributed by atoms with Crippen LogP contribution in [0.2, 0.25) is 0 Å². The molecule has 0 spiro atoms. The first-order valence-electron chi connectivity index (χ1n) is 9.56. The van der Waals surface area contributed by atoms with Crippen molar-refractivity contribution in [1.82, 2.24) is 5.32 Å². The second-order valence-electron chi connectivity index (χ2n) is 6.92. The van der Waals surface area contributed by atoms with E-state index in [-0.39, 0.29) is 23.1 Å². The summed E-state index contributed by atoms with van der Waals surface area (Å²) < 4.78 is 0. The Labute approximate surface area is 165 Å². The lowest BCUT2D eigenvalue weighted by Crippen LogP contribution is -2.36. The average Bonchev–Trinajstić information content (AvgIpc) is 2.70. The number of rotatable bonds is 6. The van der Waals surface area contributed by atoms with Gasteiger partial charge in [0.15, 0.2) is 0 Å². The van der Waals surface area contributed by atoms with Gasteiger partial charge in [-0.2, -0.15) is 0 Å². The monoisotopic (exact) mass is 382 g/mol. The minimum absolute atomic E-state index is 0.109. The van der Waals surface area contributed by atoms with Crippen LogP contribution in [0.1, 0.15) is 49.4 Å². The minimum Gasteiger partial charge on any atom is -0.349 e. The fraction of sp³-hybridized carbons (Fsp3) is 0.364. The van der Waals surface area contributed by atoms with Crippen molar-refractivity contribution in [2.24, 2.45) is 0 Å². The van der Waals surface area contributed by atoms with E-state index in [1.807, 2.05) is 49.4 Å². The fourth-order valence-electron chi connectivity index (χ4n) is 3.29. The third kappa shape index (κ3) is 5.60. The number of carbonyl (C=O) groups is 2. The second-order valence-corrected chi connectivity index (χ2v) is 8.33. The predicted octanol–water partition coefficient (Wildman–Crippen LogP) is 4.87. The Balaban J connectivity index is 1.64. The van der Waals surface area contributed by atoms with Crippen molar-refractivity contribution < 1.29 is 9.59 Å². The maximum Gasteiger partial charge on any atom is 0.253 e. The molecule has 5 heteroatoms. The lowest BCUT2D eigenvalue weighted by Gasteiger charge is -2.23. The summed E-state index contributed by atoms with van der Waals surface area (Å²) in [5.41, 5.74) is 1.09. The maximum absolute atomic E-state index is 12.7. The summed E-state index contributed by atoms with van der Waals surface area (Å²) in [6, 6.07) is 17.3. The molecule has 2 amide bonds. The van der Waals surface area contributed by atoms with E-state index in [9.17, 15) is 9.59 Å². The van der Waals surface area contributed by atoms with Crippen LogP contribution in [-0.2, 0) is 4.79 Å². The predicted molar refractivity (Wildman–Crippen MR) is 111 cm³/mol. The van der Waals surface area contributed by atoms with Crippen LogP contribution in [0.5, 0.6) is 0 Å². The van der Waals surface area contributed by atoms with E-state index in [0.29, 0.717) is 11.3 Å². The number of para-hydroxylation sites is 1. The Bertz CT molecular complexity index is 773. The first kappa shape index (κ1) is 19.5. The molecule has 0 radical (unpaired) electrons. The molecule has 1 aliphatic rings. The van der Waals surface area contributed by atoms with Gasteiger partial charge in [-0.25, -0.2) is 0 Å². The van der Waals surface area contributed by atoms with Crippen LogP contribution in [0, 0.1) is 0 Å². The molecule has 0 unspecified atom stereocenters. The van der Waals surface area contributed by atoms with E-state index in [1.165, 1.54) is 18.2 Å². The molecule has 2 aromatic carbocycles. The standard InChI is InChI=1S/C22H26N2O2S/c1-16(27-18-12-6-3-7-13-18)21(25)24-20-15-9-8-14-19(20)22(26)23-17-10-4-2-5-11-17/h3,6-9,12-17H,2,4-5,10-11H2,1H3,(H,23,26)(H,24,25)/t16-/m1/s1. The normalized spacial score (nSPS) is 15.7. The molecule has 2 aromatic rings. The summed E-state index contributed by atoms with van der Waals surface area (Å²) in [7, 11) is 0. The largest absolute Gasteiger partial charge is 0.349 e. The van der Waals surface area contributed by atoms with Gasteiger partial charge in [-0.3, -0.25) is 9.59 Å². The van der Waals surface area contributed by atoms with Gasteiger partial charge in [-0.15, -0.1) is 11.8 Å². The van der Waals surface area contributed by atoms with Crippen LogP contribution in [0.25, 0.3) is 0 Å². The molecule has 2 N–H and O–H groups in total. The number of nitrogens with one attached hydrogen (secondary N) is 2. The van der Waals surface area contributed by atoms with E-state index in [1.54, 1.807) is 12.1 Å². The van der Waals surface area contributed by atoms with Crippen molar-refractivity contribution in [3.05, 3.63) is 60.2 Å². The Morgan fingerprint density at radius 1 is 0.963 bits per heavy atom. The molecule has 4 nitrogen and oxygen atoms in total. The number of hydrogen-bond acceptors (Lipinski definition) is 3. The highest BCUT2D eigenvalue weighted by Crippen LogP contribution is 2.25. The number of hydrogen-bond donors (Lipinski definition) is 2. The molecule has 0 aliphatic heterocycles. The zero-order valence-corrected chi connectivity index (χ0v) is 16.4. The summed E-state index contributed by atoms with van der Waals surface area (Å²) >= 11 is 1.50. The van der Waals surface area contributed by atoms with E-state index in [0.717, 1.165) is 30.6 Å². The lowest BCUT2D eigenvalue weighted by atomic mass is 9.95. The molecule has 0 aromatic heterocycles. The van der Waals surface area contributed by atoms with Gasteiger partial charge in [0.05, 0.1) is 16.5 Å². The van der Waals surface area contributed by atoms with Crippen LogP contribution >= 0.6 is 11.8 Å². The zero-order chi connectivity index (χ0) is 19.1. The highest BCUT2D eigenvalue weighted by atomic mass is 32.2. The van der Waals surface area contributed by atoms with Gasteiger partial charge in [-0.1, -0.05) is 49.6 Å². The van der Waals surface area contributed by atoms with Gasteiger partial charge < -0.3 is 10.6 Å². The average molecular weight is 383 g/mol. The van der Waals surface area contributed by atoms with Crippen molar-refractivity contribution in [1.29, 1.82) is 0 Å². The Morgan fingerprint density at radius 3 is 2.37 bits per heavy atom. The molecule has 142 valence electrons. The smallest absolute Gasteiger partial charge is 0.253 e. The van der Waals surface area contributed by atoms with Gasteiger partial charge in [0.1, 0.15) is 0 Å². The summed E-state index contributed by atoms with van der Waals surface area (Å²) in [6.45, 7) is 1.87. The number of thioether (sulfide) groups is 1. The zero-order valence-electron chi connectivity index (χ0n) is 15.6. The number of carbonyl (C=O) groups excluding carboxylic acids is 2. The molecule has 1 saturated carbocycles. The number of benzene rings is 2. The van der Waals surface area contributed by atoms with E-state index < -0.39 is 0 Å². The van der Waals surface area contributed by atoms with E-state index in [4.69, 9.17) is 0 Å². The van der Waals surface area contributed by atoms with Crippen LogP contribution in [0.15, 0.2) is 59.5 Å². The summed E-state index contributed by atoms with van der Waals surface area (Å²) in [4.78, 5) is 26.4. The SMILES string of the molecule is C[C@@H](Sc1ccccc1)C(=O)Nc1ccccc1C(=O)NC1CCCCC1. The quantitative estimate of drug-likeness (QED) is 0.701. The van der Waals surface area contributed by atoms with Crippen LogP contribution < -0.4 is 10.6 Å². The molecular weight excluding hydrogens is 356 g/mol. The third-order valence-electron chi connectivity index (χ3n) is 4.80. The first-order chi connectivity index (χ1) is 13.1. The first-order valence-corrected chi connectivity index (χ1v) is 10.4. The fourth-order valence-corrected chi connectivity index (χ4v) is 4.18. The highest BCUT2D eigenvalue weighted by Gasteiger charge is 2.20. The van der Waals surface area contributed by atoms with E-state index in [2.05, 4.69) is 10.6 Å². The van der Waals surface area contributed by atoms with Gasteiger partial charge in [0, 0.05) is 10.9 Å². The van der Waals surface area contributed by atoms with Gasteiger partial charge in [-0.05, 0) is 44.0 Å². The maximum atomic E-state index is 12.7. The van der Waals surface area contributed by atoms with Crippen LogP contribution in [0.3, 0.4) is 0 Å². The number of anilines is 1. The molecule has 0 saturated heterocycles. The Hall–Kier alpha value is -2.27. The van der Waals surface area contributed by atoms with Gasteiger partial charge >= 0.3 is 0 Å². The van der Waals surface area contributed by atoms with Gasteiger partial charge in [0.2, 0.25) is 5.91 Å². The van der Waals surface area contributed by atoms with Crippen molar-refractivity contribution in [3.63, 3.8) is 0 Å². The molecule has 1 fully saturated rings. The summed E-state index contributed by atoms with van der Waals surface area (Å²) in [6.07, 6.45) is 5.64. The third-order valence-corrected chi connectivity index (χ3v) is 5.91. The summed E-state index contributed by atoms with van der Waals surface area (Å²) in [5.74, 6) is -0.220. The molecule has 3 rings (SSSR count). The van der Waals surface area contributed by atoms with Crippen molar-refractivity contribution >= 4 is 29.3 Å².